The van der Waals surface area contributed by atoms with Crippen LogP contribution in [0.4, 0.5) is 0 Å². The highest BCUT2D eigenvalue weighted by atomic mass is 32.2. The van der Waals surface area contributed by atoms with E-state index >= 15 is 0 Å². The quantitative estimate of drug-likeness (QED) is 0.816. The summed E-state index contributed by atoms with van der Waals surface area (Å²) in [5.74, 6) is 0.233. The summed E-state index contributed by atoms with van der Waals surface area (Å²) in [6, 6.07) is 7.53. The van der Waals surface area contributed by atoms with Gasteiger partial charge in [-0.25, -0.2) is 0 Å². The molecule has 0 aromatic heterocycles. The Kier molecular flexibility index (Phi) is 5.87. The van der Waals surface area contributed by atoms with E-state index in [-0.39, 0.29) is 5.75 Å². The molecule has 3 heteroatoms. The number of benzene rings is 1. The molecule has 1 aromatic rings. The van der Waals surface area contributed by atoms with Gasteiger partial charge in [-0.15, -0.1) is 0 Å². The third kappa shape index (κ3) is 5.11. The highest BCUT2D eigenvalue weighted by Crippen LogP contribution is 2.09. The first-order chi connectivity index (χ1) is 8.13. The zero-order valence-electron chi connectivity index (χ0n) is 10.2. The number of aliphatic hydroxyl groups excluding tert-OH is 1. The summed E-state index contributed by atoms with van der Waals surface area (Å²) in [6.07, 6.45) is 6.44. The van der Waals surface area contributed by atoms with Crippen LogP contribution in [0.2, 0.25) is 0 Å². The minimum absolute atomic E-state index is 0.233. The molecule has 0 bridgehead atoms. The Morgan fingerprint density at radius 1 is 1.29 bits per heavy atom. The number of aliphatic hydroxyl groups is 1. The number of hydrogen-bond acceptors (Lipinski definition) is 2. The third-order valence-electron chi connectivity index (χ3n) is 2.24. The van der Waals surface area contributed by atoms with Crippen molar-refractivity contribution in [2.45, 2.75) is 24.8 Å². The summed E-state index contributed by atoms with van der Waals surface area (Å²) in [6.45, 7) is 3.89. The first-order valence-electron chi connectivity index (χ1n) is 5.56. The molecule has 0 saturated carbocycles. The van der Waals surface area contributed by atoms with Gasteiger partial charge in [0.15, 0.2) is 0 Å². The summed E-state index contributed by atoms with van der Waals surface area (Å²) >= 11 is 0. The Bertz CT molecular complexity index is 418. The smallest absolute Gasteiger partial charge is 0.0842 e. The molecular formula is C14H18O2S. The van der Waals surface area contributed by atoms with Crippen molar-refractivity contribution in [2.75, 3.05) is 5.75 Å². The van der Waals surface area contributed by atoms with Gasteiger partial charge in [-0.05, 0) is 26.0 Å². The van der Waals surface area contributed by atoms with E-state index in [4.69, 9.17) is 0 Å². The summed E-state index contributed by atoms with van der Waals surface area (Å²) in [5.41, 5.74) is 1.14. The molecule has 0 spiro atoms. The highest BCUT2D eigenvalue weighted by molar-refractivity contribution is 7.85. The first kappa shape index (κ1) is 13.9. The van der Waals surface area contributed by atoms with Crippen LogP contribution in [0.5, 0.6) is 0 Å². The zero-order chi connectivity index (χ0) is 12.7. The van der Waals surface area contributed by atoms with E-state index in [1.807, 2.05) is 50.3 Å². The van der Waals surface area contributed by atoms with Crippen molar-refractivity contribution in [3.63, 3.8) is 0 Å². The molecule has 2 atom stereocenters. The molecule has 0 amide bonds. The monoisotopic (exact) mass is 250 g/mol. The molecule has 0 radical (unpaired) electrons. The zero-order valence-corrected chi connectivity index (χ0v) is 11.0. The average Bonchev–Trinajstić information content (AvgIpc) is 2.30. The van der Waals surface area contributed by atoms with Crippen LogP contribution in [0.1, 0.15) is 12.5 Å². The Morgan fingerprint density at radius 3 is 2.53 bits per heavy atom. The van der Waals surface area contributed by atoms with Crippen LogP contribution in [0.25, 0.3) is 0 Å². The molecule has 0 aliphatic rings. The molecule has 0 aliphatic heterocycles. The lowest BCUT2D eigenvalue weighted by Gasteiger charge is -2.05. The molecule has 2 nitrogen and oxygen atoms in total. The van der Waals surface area contributed by atoms with Gasteiger partial charge >= 0.3 is 0 Å². The van der Waals surface area contributed by atoms with Gasteiger partial charge in [0.2, 0.25) is 0 Å². The lowest BCUT2D eigenvalue weighted by Crippen LogP contribution is -2.13. The molecule has 0 fully saturated rings. The van der Waals surface area contributed by atoms with Crippen molar-refractivity contribution < 1.29 is 9.32 Å². The minimum atomic E-state index is -1.15. The SMILES string of the molecule is C/C=C/C=C/[C@H](O)CS(=O)c1ccc(C)cc1. The first-order valence-corrected chi connectivity index (χ1v) is 6.88. The van der Waals surface area contributed by atoms with Crippen LogP contribution in [0, 0.1) is 6.92 Å². The van der Waals surface area contributed by atoms with Crippen molar-refractivity contribution in [1.29, 1.82) is 0 Å². The van der Waals surface area contributed by atoms with Gasteiger partial charge in [-0.3, -0.25) is 4.21 Å². The molecule has 0 heterocycles. The van der Waals surface area contributed by atoms with Crippen LogP contribution in [-0.2, 0) is 10.8 Å². The maximum atomic E-state index is 11.9. The minimum Gasteiger partial charge on any atom is -0.388 e. The second-order valence-corrected chi connectivity index (χ2v) is 5.30. The van der Waals surface area contributed by atoms with Crippen molar-refractivity contribution >= 4 is 10.8 Å². The number of allylic oxidation sites excluding steroid dienone is 3. The van der Waals surface area contributed by atoms with Gasteiger partial charge in [0.25, 0.3) is 0 Å². The molecule has 17 heavy (non-hydrogen) atoms. The third-order valence-corrected chi connectivity index (χ3v) is 3.69. The summed E-state index contributed by atoms with van der Waals surface area (Å²) in [4.78, 5) is 0.758. The van der Waals surface area contributed by atoms with E-state index in [9.17, 15) is 9.32 Å². The molecule has 1 aromatic carbocycles. The Balaban J connectivity index is 2.57. The Morgan fingerprint density at radius 2 is 1.94 bits per heavy atom. The fourth-order valence-electron chi connectivity index (χ4n) is 1.30. The van der Waals surface area contributed by atoms with E-state index in [2.05, 4.69) is 0 Å². The summed E-state index contributed by atoms with van der Waals surface area (Å²) in [5, 5.41) is 9.65. The van der Waals surface area contributed by atoms with Crippen LogP contribution in [0.3, 0.4) is 0 Å². The molecule has 0 saturated heterocycles. The fraction of sp³-hybridized carbons (Fsp3) is 0.286. The van der Waals surface area contributed by atoms with E-state index in [1.54, 1.807) is 12.2 Å². The van der Waals surface area contributed by atoms with E-state index < -0.39 is 16.9 Å². The highest BCUT2D eigenvalue weighted by Gasteiger charge is 2.08. The van der Waals surface area contributed by atoms with Gasteiger partial charge in [0.1, 0.15) is 0 Å². The number of rotatable bonds is 5. The summed E-state index contributed by atoms with van der Waals surface area (Å²) < 4.78 is 11.9. The predicted molar refractivity (Wildman–Crippen MR) is 72.4 cm³/mol. The van der Waals surface area contributed by atoms with Gasteiger partial charge in [-0.1, -0.05) is 42.0 Å². The maximum Gasteiger partial charge on any atom is 0.0842 e. The predicted octanol–water partition coefficient (Wildman–Crippen LogP) is 2.60. The van der Waals surface area contributed by atoms with Crippen molar-refractivity contribution in [2.24, 2.45) is 0 Å². The fourth-order valence-corrected chi connectivity index (χ4v) is 2.35. The van der Waals surface area contributed by atoms with Crippen LogP contribution < -0.4 is 0 Å². The van der Waals surface area contributed by atoms with Crippen LogP contribution in [0.15, 0.2) is 53.5 Å². The van der Waals surface area contributed by atoms with Gasteiger partial charge in [0, 0.05) is 4.90 Å². The molecule has 1 N–H and O–H groups in total. The van der Waals surface area contributed by atoms with E-state index in [0.717, 1.165) is 10.5 Å². The number of hydrogen-bond donors (Lipinski definition) is 1. The maximum absolute atomic E-state index is 11.9. The van der Waals surface area contributed by atoms with Crippen molar-refractivity contribution in [3.8, 4) is 0 Å². The van der Waals surface area contributed by atoms with Gasteiger partial charge < -0.3 is 5.11 Å². The molecule has 1 unspecified atom stereocenters. The molecular weight excluding hydrogens is 232 g/mol. The second kappa shape index (κ2) is 7.20. The molecule has 92 valence electrons. The Labute approximate surface area is 105 Å². The molecule has 1 rings (SSSR count). The van der Waals surface area contributed by atoms with Gasteiger partial charge in [-0.2, -0.15) is 0 Å². The second-order valence-electron chi connectivity index (χ2n) is 3.80. The lowest BCUT2D eigenvalue weighted by atomic mass is 10.2. The van der Waals surface area contributed by atoms with E-state index in [0.29, 0.717) is 0 Å². The standard InChI is InChI=1S/C14H18O2S/c1-3-4-5-6-13(15)11-17(16)14-9-7-12(2)8-10-14/h3-10,13,15H,11H2,1-2H3/b4-3+,6-5+/t13-,17?/m0/s1. The van der Waals surface area contributed by atoms with Crippen molar-refractivity contribution in [3.05, 3.63) is 54.1 Å². The molecule has 0 aliphatic carbocycles. The normalized spacial score (nSPS) is 15.5. The van der Waals surface area contributed by atoms with Crippen LogP contribution in [-0.4, -0.2) is 21.2 Å². The van der Waals surface area contributed by atoms with Crippen LogP contribution >= 0.6 is 0 Å². The summed E-state index contributed by atoms with van der Waals surface area (Å²) in [7, 11) is -1.15. The number of aryl methyl sites for hydroxylation is 1. The van der Waals surface area contributed by atoms with Crippen molar-refractivity contribution in [1.82, 2.24) is 0 Å². The van der Waals surface area contributed by atoms with Gasteiger partial charge in [0.05, 0.1) is 22.7 Å². The average molecular weight is 250 g/mol. The largest absolute Gasteiger partial charge is 0.388 e. The topological polar surface area (TPSA) is 37.3 Å². The lowest BCUT2D eigenvalue weighted by molar-refractivity contribution is 0.247. The Hall–Kier alpha value is -1.19. The van der Waals surface area contributed by atoms with E-state index in [1.165, 1.54) is 0 Å².